The van der Waals surface area contributed by atoms with Gasteiger partial charge in [-0.2, -0.15) is 5.10 Å². The molecule has 1 aromatic carbocycles. The van der Waals surface area contributed by atoms with Crippen LogP contribution in [0.2, 0.25) is 10.0 Å². The van der Waals surface area contributed by atoms with Crippen molar-refractivity contribution in [3.63, 3.8) is 0 Å². The summed E-state index contributed by atoms with van der Waals surface area (Å²) in [6, 6.07) is 4.88. The molecule has 1 aliphatic rings. The predicted molar refractivity (Wildman–Crippen MR) is 131 cm³/mol. The number of H-pyrrole nitrogens is 1. The first-order valence-corrected chi connectivity index (χ1v) is 11.5. The van der Waals surface area contributed by atoms with E-state index in [0.717, 1.165) is 34.9 Å². The second kappa shape index (κ2) is 9.12. The second-order valence-electron chi connectivity index (χ2n) is 8.16. The van der Waals surface area contributed by atoms with Gasteiger partial charge in [-0.15, -0.1) is 0 Å². The number of aromatic nitrogens is 4. The number of halogens is 3. The summed E-state index contributed by atoms with van der Waals surface area (Å²) in [5, 5.41) is 14.9. The van der Waals surface area contributed by atoms with Crippen LogP contribution in [0.4, 0.5) is 9.18 Å². The quantitative estimate of drug-likeness (QED) is 0.320. The lowest BCUT2D eigenvalue weighted by atomic mass is 10.1. The van der Waals surface area contributed by atoms with Gasteiger partial charge in [0, 0.05) is 64.3 Å². The van der Waals surface area contributed by atoms with Gasteiger partial charge in [-0.3, -0.25) is 4.68 Å². The molecule has 34 heavy (non-hydrogen) atoms. The Morgan fingerprint density at radius 1 is 1.18 bits per heavy atom. The molecule has 0 atom stereocenters. The number of nitrogens with zero attached hydrogens (tertiary/aromatic N) is 4. The molecular formula is C24H20Cl2FN5O2. The summed E-state index contributed by atoms with van der Waals surface area (Å²) >= 11 is 12.3. The van der Waals surface area contributed by atoms with Crippen molar-refractivity contribution in [1.29, 1.82) is 0 Å². The molecular weight excluding hydrogens is 480 g/mol. The normalized spacial score (nSPS) is 15.0. The number of piperidine rings is 1. The number of hydrogen-bond donors (Lipinski definition) is 2. The molecule has 5 rings (SSSR count). The molecule has 174 valence electrons. The molecule has 2 N–H and O–H groups in total. The number of pyridine rings is 1. The molecule has 0 spiro atoms. The summed E-state index contributed by atoms with van der Waals surface area (Å²) < 4.78 is 15.7. The van der Waals surface area contributed by atoms with E-state index in [-0.39, 0.29) is 11.1 Å². The number of benzene rings is 1. The first kappa shape index (κ1) is 22.4. The van der Waals surface area contributed by atoms with Crippen molar-refractivity contribution in [1.82, 2.24) is 24.6 Å². The van der Waals surface area contributed by atoms with Crippen LogP contribution in [0.1, 0.15) is 30.0 Å². The molecule has 1 saturated heterocycles. The third kappa shape index (κ3) is 4.26. The topological polar surface area (TPSA) is 87.0 Å². The third-order valence-electron chi connectivity index (χ3n) is 6.12. The highest BCUT2D eigenvalue weighted by Crippen LogP contribution is 2.31. The van der Waals surface area contributed by atoms with Crippen LogP contribution >= 0.6 is 23.2 Å². The van der Waals surface area contributed by atoms with E-state index in [1.54, 1.807) is 18.5 Å². The Morgan fingerprint density at radius 2 is 1.97 bits per heavy atom. The van der Waals surface area contributed by atoms with Crippen molar-refractivity contribution in [2.75, 3.05) is 13.1 Å². The maximum Gasteiger partial charge on any atom is 0.407 e. The van der Waals surface area contributed by atoms with E-state index in [1.165, 1.54) is 17.0 Å². The fourth-order valence-corrected chi connectivity index (χ4v) is 4.69. The highest BCUT2D eigenvalue weighted by atomic mass is 35.5. The van der Waals surface area contributed by atoms with Crippen molar-refractivity contribution >= 4 is 52.5 Å². The van der Waals surface area contributed by atoms with Crippen molar-refractivity contribution < 1.29 is 14.3 Å². The maximum absolute atomic E-state index is 13.8. The zero-order valence-corrected chi connectivity index (χ0v) is 19.4. The summed E-state index contributed by atoms with van der Waals surface area (Å²) in [4.78, 5) is 20.2. The smallest absolute Gasteiger partial charge is 0.407 e. The summed E-state index contributed by atoms with van der Waals surface area (Å²) in [6.07, 6.45) is 11.4. The van der Waals surface area contributed by atoms with Gasteiger partial charge in [0.05, 0.1) is 17.3 Å². The molecule has 3 aromatic heterocycles. The standard InChI is InChI=1S/C24H20Cl2FN5O2/c25-20-3-4-21(27)22(26)18(20)2-1-14-10-28-23-19(14)9-15(11-29-23)16-12-30-32(13-16)17-5-7-31(8-6-17)24(33)34/h1-4,9-13,17H,5-8H2,(H,28,29)(H,33,34)/b2-1+. The lowest BCUT2D eigenvalue weighted by Gasteiger charge is -2.30. The molecule has 4 heterocycles. The molecule has 0 bridgehead atoms. The first-order chi connectivity index (χ1) is 16.4. The van der Waals surface area contributed by atoms with Gasteiger partial charge in [-0.05, 0) is 31.0 Å². The van der Waals surface area contributed by atoms with Gasteiger partial charge >= 0.3 is 6.09 Å². The minimum Gasteiger partial charge on any atom is -0.465 e. The zero-order valence-electron chi connectivity index (χ0n) is 17.9. The average molecular weight is 500 g/mol. The molecule has 0 saturated carbocycles. The lowest BCUT2D eigenvalue weighted by molar-refractivity contribution is 0.124. The average Bonchev–Trinajstić information content (AvgIpc) is 3.49. The first-order valence-electron chi connectivity index (χ1n) is 10.7. The highest BCUT2D eigenvalue weighted by Gasteiger charge is 2.24. The number of rotatable bonds is 4. The number of carbonyl (C=O) groups is 1. The predicted octanol–water partition coefficient (Wildman–Crippen LogP) is 6.36. The fourth-order valence-electron chi connectivity index (χ4n) is 4.20. The van der Waals surface area contributed by atoms with Crippen LogP contribution in [0.15, 0.2) is 43.0 Å². The highest BCUT2D eigenvalue weighted by molar-refractivity contribution is 6.37. The Labute approximate surface area is 204 Å². The van der Waals surface area contributed by atoms with E-state index in [1.807, 2.05) is 29.2 Å². The van der Waals surface area contributed by atoms with Crippen molar-refractivity contribution in [3.8, 4) is 11.1 Å². The zero-order chi connectivity index (χ0) is 23.8. The maximum atomic E-state index is 13.8. The van der Waals surface area contributed by atoms with Gasteiger partial charge in [0.1, 0.15) is 11.5 Å². The van der Waals surface area contributed by atoms with E-state index >= 15 is 0 Å². The van der Waals surface area contributed by atoms with E-state index < -0.39 is 11.9 Å². The van der Waals surface area contributed by atoms with E-state index in [4.69, 9.17) is 28.3 Å². The van der Waals surface area contributed by atoms with Crippen LogP contribution in [-0.4, -0.2) is 48.9 Å². The van der Waals surface area contributed by atoms with E-state index in [0.29, 0.717) is 29.3 Å². The molecule has 7 nitrogen and oxygen atoms in total. The molecule has 0 radical (unpaired) electrons. The number of amides is 1. The van der Waals surface area contributed by atoms with Crippen LogP contribution in [0.3, 0.4) is 0 Å². The summed E-state index contributed by atoms with van der Waals surface area (Å²) in [5.74, 6) is -0.528. The van der Waals surface area contributed by atoms with Crippen molar-refractivity contribution in [2.24, 2.45) is 0 Å². The Balaban J connectivity index is 1.40. The van der Waals surface area contributed by atoms with Crippen molar-refractivity contribution in [2.45, 2.75) is 18.9 Å². The Kier molecular flexibility index (Phi) is 6.02. The molecule has 1 fully saturated rings. The Bertz CT molecular complexity index is 1410. The van der Waals surface area contributed by atoms with Crippen LogP contribution in [-0.2, 0) is 0 Å². The van der Waals surface area contributed by atoms with Gasteiger partial charge in [0.15, 0.2) is 0 Å². The van der Waals surface area contributed by atoms with Crippen molar-refractivity contribution in [3.05, 3.63) is 70.0 Å². The minimum absolute atomic E-state index is 0.0241. The molecule has 1 aliphatic heterocycles. The minimum atomic E-state index is -0.878. The lowest BCUT2D eigenvalue weighted by Crippen LogP contribution is -2.38. The van der Waals surface area contributed by atoms with Gasteiger partial charge in [-0.25, -0.2) is 14.2 Å². The number of likely N-dealkylation sites (tertiary alicyclic amines) is 1. The summed E-state index contributed by atoms with van der Waals surface area (Å²) in [6.45, 7) is 1.00. The molecule has 0 unspecified atom stereocenters. The number of fused-ring (bicyclic) bond motifs is 1. The van der Waals surface area contributed by atoms with E-state index in [2.05, 4.69) is 15.1 Å². The summed E-state index contributed by atoms with van der Waals surface area (Å²) in [5.41, 5.74) is 3.81. The Morgan fingerprint density at radius 3 is 2.74 bits per heavy atom. The van der Waals surface area contributed by atoms with Gasteiger partial charge in [0.2, 0.25) is 0 Å². The number of aromatic amines is 1. The van der Waals surface area contributed by atoms with Crippen LogP contribution < -0.4 is 0 Å². The molecule has 10 heteroatoms. The van der Waals surface area contributed by atoms with Gasteiger partial charge in [-0.1, -0.05) is 35.4 Å². The number of carboxylic acid groups (broad SMARTS) is 1. The second-order valence-corrected chi connectivity index (χ2v) is 8.95. The SMILES string of the molecule is O=C(O)N1CCC(n2cc(-c3cnc4[nH]cc(/C=C/c5c(Cl)ccc(F)c5Cl)c4c3)cn2)CC1. The van der Waals surface area contributed by atoms with E-state index in [9.17, 15) is 9.18 Å². The summed E-state index contributed by atoms with van der Waals surface area (Å²) in [7, 11) is 0. The van der Waals surface area contributed by atoms with Gasteiger partial charge < -0.3 is 15.0 Å². The molecule has 4 aromatic rings. The monoisotopic (exact) mass is 499 g/mol. The Hall–Kier alpha value is -3.36. The molecule has 0 aliphatic carbocycles. The van der Waals surface area contributed by atoms with Crippen LogP contribution in [0, 0.1) is 5.82 Å². The number of nitrogens with one attached hydrogen (secondary N) is 1. The fraction of sp³-hybridized carbons (Fsp3) is 0.208. The molecule has 1 amide bonds. The largest absolute Gasteiger partial charge is 0.465 e. The third-order valence-corrected chi connectivity index (χ3v) is 6.83. The van der Waals surface area contributed by atoms with Gasteiger partial charge in [0.25, 0.3) is 0 Å². The van der Waals surface area contributed by atoms with Crippen LogP contribution in [0.25, 0.3) is 34.3 Å². The number of hydrogen-bond acceptors (Lipinski definition) is 3. The van der Waals surface area contributed by atoms with Crippen LogP contribution in [0.5, 0.6) is 0 Å².